The Kier molecular flexibility index (Phi) is 1.65. The predicted molar refractivity (Wildman–Crippen MR) is 45.1 cm³/mol. The third-order valence-electron chi connectivity index (χ3n) is 1.19. The summed E-state index contributed by atoms with van der Waals surface area (Å²) in [5.74, 6) is 0.744. The Morgan fingerprint density at radius 3 is 2.33 bits per heavy atom. The molecule has 0 radical (unpaired) electrons. The van der Waals surface area contributed by atoms with Crippen molar-refractivity contribution in [2.24, 2.45) is 7.05 Å². The van der Waals surface area contributed by atoms with E-state index in [1.165, 1.54) is 0 Å². The summed E-state index contributed by atoms with van der Waals surface area (Å²) >= 11 is 2.18. The van der Waals surface area contributed by atoms with Crippen LogP contribution in [0.15, 0.2) is 0 Å². The average Bonchev–Trinajstić information content (AvgIpc) is 1.98. The number of anilines is 1. The molecule has 2 N–H and O–H groups in total. The number of halogens is 1. The molecular formula is C5H8IN3. The molecule has 0 saturated carbocycles. The van der Waals surface area contributed by atoms with E-state index in [1.807, 2.05) is 14.0 Å². The standard InChI is InChI=1S/C5H8IN3/c1-3-4(6)5(7)9(2)8-3/h7H2,1-2H3. The highest BCUT2D eigenvalue weighted by atomic mass is 127. The Labute approximate surface area is 67.4 Å². The van der Waals surface area contributed by atoms with Crippen LogP contribution < -0.4 is 5.73 Å². The first-order chi connectivity index (χ1) is 4.13. The molecule has 0 amide bonds. The summed E-state index contributed by atoms with van der Waals surface area (Å²) < 4.78 is 2.73. The van der Waals surface area contributed by atoms with Crippen molar-refractivity contribution in [1.29, 1.82) is 0 Å². The predicted octanol–water partition coefficient (Wildman–Crippen LogP) is 0.915. The number of aryl methyl sites for hydroxylation is 2. The summed E-state index contributed by atoms with van der Waals surface area (Å²) in [7, 11) is 1.84. The molecule has 1 aromatic rings. The highest BCUT2D eigenvalue weighted by Gasteiger charge is 2.04. The second-order valence-corrected chi connectivity index (χ2v) is 2.99. The molecule has 1 heterocycles. The van der Waals surface area contributed by atoms with Crippen LogP contribution in [-0.2, 0) is 7.05 Å². The maximum absolute atomic E-state index is 5.60. The van der Waals surface area contributed by atoms with E-state index >= 15 is 0 Å². The first-order valence-corrected chi connectivity index (χ1v) is 3.65. The van der Waals surface area contributed by atoms with Crippen LogP contribution in [0.2, 0.25) is 0 Å². The van der Waals surface area contributed by atoms with Gasteiger partial charge in [0.25, 0.3) is 0 Å². The van der Waals surface area contributed by atoms with E-state index in [0.717, 1.165) is 15.1 Å². The summed E-state index contributed by atoms with van der Waals surface area (Å²) in [6.45, 7) is 1.94. The van der Waals surface area contributed by atoms with Gasteiger partial charge < -0.3 is 5.73 Å². The van der Waals surface area contributed by atoms with E-state index in [2.05, 4.69) is 27.7 Å². The lowest BCUT2D eigenvalue weighted by Crippen LogP contribution is -1.97. The van der Waals surface area contributed by atoms with Gasteiger partial charge in [0.2, 0.25) is 0 Å². The molecule has 1 aromatic heterocycles. The van der Waals surface area contributed by atoms with Gasteiger partial charge in [-0.2, -0.15) is 5.10 Å². The molecule has 0 aliphatic carbocycles. The van der Waals surface area contributed by atoms with Crippen molar-refractivity contribution in [3.05, 3.63) is 9.26 Å². The zero-order chi connectivity index (χ0) is 7.02. The van der Waals surface area contributed by atoms with Crippen LogP contribution in [0, 0.1) is 10.5 Å². The van der Waals surface area contributed by atoms with Crippen LogP contribution in [0.3, 0.4) is 0 Å². The van der Waals surface area contributed by atoms with Gasteiger partial charge in [-0.15, -0.1) is 0 Å². The Bertz CT molecular complexity index is 206. The van der Waals surface area contributed by atoms with Crippen LogP contribution in [0.25, 0.3) is 0 Å². The fourth-order valence-electron chi connectivity index (χ4n) is 0.650. The number of aromatic nitrogens is 2. The molecule has 50 valence electrons. The molecule has 0 unspecified atom stereocenters. The molecule has 3 nitrogen and oxygen atoms in total. The summed E-state index contributed by atoms with van der Waals surface area (Å²) in [5.41, 5.74) is 6.59. The van der Waals surface area contributed by atoms with Crippen molar-refractivity contribution in [2.45, 2.75) is 6.92 Å². The van der Waals surface area contributed by atoms with E-state index in [-0.39, 0.29) is 0 Å². The van der Waals surface area contributed by atoms with Crippen molar-refractivity contribution in [2.75, 3.05) is 5.73 Å². The summed E-state index contributed by atoms with van der Waals surface area (Å²) in [4.78, 5) is 0. The van der Waals surface area contributed by atoms with Crippen LogP contribution in [0.1, 0.15) is 5.69 Å². The number of nitrogens with zero attached hydrogens (tertiary/aromatic N) is 2. The van der Waals surface area contributed by atoms with E-state index in [0.29, 0.717) is 0 Å². The fraction of sp³-hybridized carbons (Fsp3) is 0.400. The largest absolute Gasteiger partial charge is 0.383 e. The maximum atomic E-state index is 5.60. The third-order valence-corrected chi connectivity index (χ3v) is 2.52. The average molecular weight is 237 g/mol. The SMILES string of the molecule is Cc1nn(C)c(N)c1I. The van der Waals surface area contributed by atoms with Gasteiger partial charge in [0.05, 0.1) is 9.26 Å². The van der Waals surface area contributed by atoms with Crippen LogP contribution in [0.5, 0.6) is 0 Å². The van der Waals surface area contributed by atoms with Crippen molar-refractivity contribution < 1.29 is 0 Å². The van der Waals surface area contributed by atoms with Crippen molar-refractivity contribution in [1.82, 2.24) is 9.78 Å². The van der Waals surface area contributed by atoms with Gasteiger partial charge in [0.15, 0.2) is 0 Å². The summed E-state index contributed by atoms with van der Waals surface area (Å²) in [6.07, 6.45) is 0. The lowest BCUT2D eigenvalue weighted by molar-refractivity contribution is 0.767. The maximum Gasteiger partial charge on any atom is 0.135 e. The first kappa shape index (κ1) is 6.85. The van der Waals surface area contributed by atoms with Gasteiger partial charge in [-0.3, -0.25) is 4.68 Å². The quantitative estimate of drug-likeness (QED) is 0.681. The fourth-order valence-corrected chi connectivity index (χ4v) is 1.11. The molecule has 0 aliphatic rings. The zero-order valence-corrected chi connectivity index (χ0v) is 7.51. The molecule has 4 heteroatoms. The van der Waals surface area contributed by atoms with Crippen molar-refractivity contribution in [3.8, 4) is 0 Å². The molecule has 0 aromatic carbocycles. The van der Waals surface area contributed by atoms with Crippen molar-refractivity contribution >= 4 is 28.4 Å². The minimum absolute atomic E-state index is 0.744. The van der Waals surface area contributed by atoms with Gasteiger partial charge in [-0.05, 0) is 29.5 Å². The van der Waals surface area contributed by atoms with Crippen LogP contribution in [0.4, 0.5) is 5.82 Å². The Balaban J connectivity index is 3.29. The summed E-state index contributed by atoms with van der Waals surface area (Å²) in [5, 5.41) is 4.09. The van der Waals surface area contributed by atoms with Gasteiger partial charge in [-0.1, -0.05) is 0 Å². The molecule has 0 spiro atoms. The molecular weight excluding hydrogens is 229 g/mol. The topological polar surface area (TPSA) is 43.8 Å². The third kappa shape index (κ3) is 1.03. The highest BCUT2D eigenvalue weighted by Crippen LogP contribution is 2.16. The highest BCUT2D eigenvalue weighted by molar-refractivity contribution is 14.1. The number of rotatable bonds is 0. The smallest absolute Gasteiger partial charge is 0.135 e. The Morgan fingerprint density at radius 1 is 1.67 bits per heavy atom. The minimum Gasteiger partial charge on any atom is -0.383 e. The van der Waals surface area contributed by atoms with E-state index in [9.17, 15) is 0 Å². The zero-order valence-electron chi connectivity index (χ0n) is 5.35. The number of nitrogens with two attached hydrogens (primary N) is 1. The summed E-state index contributed by atoms with van der Waals surface area (Å²) in [6, 6.07) is 0. The van der Waals surface area contributed by atoms with Gasteiger partial charge in [0, 0.05) is 7.05 Å². The monoisotopic (exact) mass is 237 g/mol. The molecule has 1 rings (SSSR count). The molecule has 0 bridgehead atoms. The van der Waals surface area contributed by atoms with Gasteiger partial charge in [0.1, 0.15) is 5.82 Å². The molecule has 9 heavy (non-hydrogen) atoms. The Morgan fingerprint density at radius 2 is 2.22 bits per heavy atom. The van der Waals surface area contributed by atoms with E-state index < -0.39 is 0 Å². The van der Waals surface area contributed by atoms with Crippen molar-refractivity contribution in [3.63, 3.8) is 0 Å². The number of hydrogen-bond donors (Lipinski definition) is 1. The number of hydrogen-bond acceptors (Lipinski definition) is 2. The van der Waals surface area contributed by atoms with E-state index in [4.69, 9.17) is 5.73 Å². The van der Waals surface area contributed by atoms with Crippen LogP contribution in [-0.4, -0.2) is 9.78 Å². The van der Waals surface area contributed by atoms with Crippen LogP contribution >= 0.6 is 22.6 Å². The number of nitrogen functional groups attached to an aromatic ring is 1. The minimum atomic E-state index is 0.744. The van der Waals surface area contributed by atoms with Gasteiger partial charge in [-0.25, -0.2) is 0 Å². The second-order valence-electron chi connectivity index (χ2n) is 1.91. The Hall–Kier alpha value is -0.260. The first-order valence-electron chi connectivity index (χ1n) is 2.57. The van der Waals surface area contributed by atoms with Gasteiger partial charge >= 0.3 is 0 Å². The lowest BCUT2D eigenvalue weighted by atomic mass is 10.5. The molecule has 0 fully saturated rings. The molecule has 0 atom stereocenters. The second kappa shape index (κ2) is 2.17. The molecule has 0 saturated heterocycles. The lowest BCUT2D eigenvalue weighted by Gasteiger charge is -1.90. The molecule has 0 aliphatic heterocycles. The normalized spacial score (nSPS) is 10.1. The van der Waals surface area contributed by atoms with E-state index in [1.54, 1.807) is 4.68 Å².